The molecule has 110 valence electrons. The molecule has 3 nitrogen and oxygen atoms in total. The van der Waals surface area contributed by atoms with E-state index >= 15 is 0 Å². The van der Waals surface area contributed by atoms with Gasteiger partial charge in [-0.25, -0.2) is 4.39 Å². The number of hydrogen-bond donors (Lipinski definition) is 1. The van der Waals surface area contributed by atoms with Gasteiger partial charge in [-0.2, -0.15) is 0 Å². The van der Waals surface area contributed by atoms with Crippen molar-refractivity contribution in [3.8, 4) is 5.75 Å². The van der Waals surface area contributed by atoms with Gasteiger partial charge in [0.25, 0.3) is 0 Å². The van der Waals surface area contributed by atoms with Crippen LogP contribution in [0.3, 0.4) is 0 Å². The van der Waals surface area contributed by atoms with Crippen molar-refractivity contribution in [2.75, 3.05) is 6.61 Å². The van der Waals surface area contributed by atoms with Gasteiger partial charge in [0.05, 0.1) is 13.0 Å². The number of carbonyl (C=O) groups is 1. The monoisotopic (exact) mass is 287 g/mol. The molecule has 2 rings (SSSR count). The van der Waals surface area contributed by atoms with Gasteiger partial charge < -0.3 is 10.1 Å². The van der Waals surface area contributed by atoms with Gasteiger partial charge in [-0.1, -0.05) is 24.3 Å². The largest absolute Gasteiger partial charge is 0.494 e. The summed E-state index contributed by atoms with van der Waals surface area (Å²) in [5.41, 5.74) is 1.66. The van der Waals surface area contributed by atoms with Crippen molar-refractivity contribution in [3.63, 3.8) is 0 Å². The maximum absolute atomic E-state index is 13.0. The molecule has 0 fully saturated rings. The van der Waals surface area contributed by atoms with Gasteiger partial charge in [0, 0.05) is 6.54 Å². The third-order valence-electron chi connectivity index (χ3n) is 2.98. The van der Waals surface area contributed by atoms with E-state index in [1.165, 1.54) is 12.1 Å². The van der Waals surface area contributed by atoms with E-state index in [0.717, 1.165) is 11.3 Å². The maximum atomic E-state index is 13.0. The second-order valence-electron chi connectivity index (χ2n) is 4.66. The van der Waals surface area contributed by atoms with Crippen molar-refractivity contribution in [2.45, 2.75) is 19.9 Å². The molecule has 1 amide bonds. The van der Waals surface area contributed by atoms with Crippen LogP contribution < -0.4 is 10.1 Å². The summed E-state index contributed by atoms with van der Waals surface area (Å²) in [6.45, 7) is 3.00. The first kappa shape index (κ1) is 15.0. The molecule has 0 aliphatic carbocycles. The second-order valence-corrected chi connectivity index (χ2v) is 4.66. The van der Waals surface area contributed by atoms with Crippen molar-refractivity contribution in [1.29, 1.82) is 0 Å². The summed E-state index contributed by atoms with van der Waals surface area (Å²) in [6, 6.07) is 13.6. The van der Waals surface area contributed by atoms with E-state index < -0.39 is 0 Å². The van der Waals surface area contributed by atoms with E-state index in [4.69, 9.17) is 4.74 Å². The van der Waals surface area contributed by atoms with Crippen LogP contribution in [0.2, 0.25) is 0 Å². The van der Waals surface area contributed by atoms with Gasteiger partial charge in [-0.3, -0.25) is 4.79 Å². The number of ether oxygens (including phenoxy) is 1. The summed E-state index contributed by atoms with van der Waals surface area (Å²) in [7, 11) is 0. The van der Waals surface area contributed by atoms with E-state index in [9.17, 15) is 9.18 Å². The highest BCUT2D eigenvalue weighted by Gasteiger charge is 2.04. The average Bonchev–Trinajstić information content (AvgIpc) is 2.47. The first-order valence-electron chi connectivity index (χ1n) is 6.90. The van der Waals surface area contributed by atoms with Gasteiger partial charge >= 0.3 is 0 Å². The average molecular weight is 287 g/mol. The van der Waals surface area contributed by atoms with Crippen molar-refractivity contribution >= 4 is 5.91 Å². The van der Waals surface area contributed by atoms with E-state index in [1.807, 2.05) is 31.2 Å². The normalized spacial score (nSPS) is 10.2. The first-order valence-corrected chi connectivity index (χ1v) is 6.90. The molecular formula is C17H18FNO2. The fourth-order valence-electron chi connectivity index (χ4n) is 1.97. The summed E-state index contributed by atoms with van der Waals surface area (Å²) in [5, 5.41) is 2.82. The van der Waals surface area contributed by atoms with Crippen LogP contribution in [-0.4, -0.2) is 12.5 Å². The highest BCUT2D eigenvalue weighted by atomic mass is 19.1. The molecule has 4 heteroatoms. The van der Waals surface area contributed by atoms with Crippen LogP contribution >= 0.6 is 0 Å². The van der Waals surface area contributed by atoms with Crippen LogP contribution in [0.1, 0.15) is 18.1 Å². The predicted octanol–water partition coefficient (Wildman–Crippen LogP) is 3.08. The molecule has 1 N–H and O–H groups in total. The molecule has 2 aromatic carbocycles. The van der Waals surface area contributed by atoms with Gasteiger partial charge in [0.15, 0.2) is 0 Å². The Bertz CT molecular complexity index is 596. The summed E-state index contributed by atoms with van der Waals surface area (Å²) in [4.78, 5) is 11.8. The van der Waals surface area contributed by atoms with Gasteiger partial charge in [0.1, 0.15) is 11.6 Å². The number of hydrogen-bond acceptors (Lipinski definition) is 2. The van der Waals surface area contributed by atoms with Crippen molar-refractivity contribution in [2.24, 2.45) is 0 Å². The van der Waals surface area contributed by atoms with Gasteiger partial charge in [-0.15, -0.1) is 0 Å². The molecule has 0 spiro atoms. The molecule has 21 heavy (non-hydrogen) atoms. The number of amides is 1. The smallest absolute Gasteiger partial charge is 0.224 e. The summed E-state index contributed by atoms with van der Waals surface area (Å²) >= 11 is 0. The van der Waals surface area contributed by atoms with Crippen LogP contribution in [0.25, 0.3) is 0 Å². The number of rotatable bonds is 6. The Balaban J connectivity index is 1.83. The lowest BCUT2D eigenvalue weighted by atomic mass is 10.1. The Morgan fingerprint density at radius 3 is 2.57 bits per heavy atom. The highest BCUT2D eigenvalue weighted by Crippen LogP contribution is 2.12. The van der Waals surface area contributed by atoms with Crippen LogP contribution in [0.15, 0.2) is 48.5 Å². The lowest BCUT2D eigenvalue weighted by Crippen LogP contribution is -2.24. The molecule has 0 atom stereocenters. The third kappa shape index (κ3) is 4.91. The predicted molar refractivity (Wildman–Crippen MR) is 79.6 cm³/mol. The molecule has 0 aliphatic rings. The molecule has 2 aromatic rings. The molecule has 0 saturated heterocycles. The zero-order chi connectivity index (χ0) is 15.1. The zero-order valence-corrected chi connectivity index (χ0v) is 11.9. The maximum Gasteiger partial charge on any atom is 0.224 e. The van der Waals surface area contributed by atoms with Crippen LogP contribution in [0, 0.1) is 5.82 Å². The zero-order valence-electron chi connectivity index (χ0n) is 11.9. The minimum Gasteiger partial charge on any atom is -0.494 e. The highest BCUT2D eigenvalue weighted by molar-refractivity contribution is 5.78. The Kier molecular flexibility index (Phi) is 5.32. The molecular weight excluding hydrogens is 269 g/mol. The Morgan fingerprint density at radius 1 is 1.14 bits per heavy atom. The lowest BCUT2D eigenvalue weighted by Gasteiger charge is -2.07. The summed E-state index contributed by atoms with van der Waals surface area (Å²) in [5.74, 6) is 0.355. The van der Waals surface area contributed by atoms with Crippen LogP contribution in [0.4, 0.5) is 4.39 Å². The fourth-order valence-corrected chi connectivity index (χ4v) is 1.97. The number of nitrogens with one attached hydrogen (secondary N) is 1. The van der Waals surface area contributed by atoms with E-state index in [1.54, 1.807) is 12.1 Å². The first-order chi connectivity index (χ1) is 10.2. The molecule has 0 heterocycles. The topological polar surface area (TPSA) is 38.3 Å². The molecule has 0 unspecified atom stereocenters. The molecule has 0 radical (unpaired) electrons. The van der Waals surface area contributed by atoms with E-state index in [-0.39, 0.29) is 18.1 Å². The number of carbonyl (C=O) groups excluding carboxylic acids is 1. The van der Waals surface area contributed by atoms with Crippen molar-refractivity contribution < 1.29 is 13.9 Å². The number of halogens is 1. The van der Waals surface area contributed by atoms with Crippen molar-refractivity contribution in [3.05, 3.63) is 65.5 Å². The fraction of sp³-hybridized carbons (Fsp3) is 0.235. The van der Waals surface area contributed by atoms with E-state index in [2.05, 4.69) is 5.32 Å². The standard InChI is InChI=1S/C17H18FNO2/c1-2-21-16-8-6-13(7-9-16)12-19-17(20)11-14-4-3-5-15(18)10-14/h3-10H,2,11-12H2,1H3,(H,19,20). The van der Waals surface area contributed by atoms with Crippen molar-refractivity contribution in [1.82, 2.24) is 5.32 Å². The second kappa shape index (κ2) is 7.43. The van der Waals surface area contributed by atoms with E-state index in [0.29, 0.717) is 18.7 Å². The molecule has 0 saturated carbocycles. The third-order valence-corrected chi connectivity index (χ3v) is 2.98. The Morgan fingerprint density at radius 2 is 1.90 bits per heavy atom. The Hall–Kier alpha value is -2.36. The molecule has 0 aromatic heterocycles. The molecule has 0 aliphatic heterocycles. The molecule has 0 bridgehead atoms. The van der Waals surface area contributed by atoms with Crippen LogP contribution in [0.5, 0.6) is 5.75 Å². The minimum atomic E-state index is -0.327. The Labute approximate surface area is 123 Å². The lowest BCUT2D eigenvalue weighted by molar-refractivity contribution is -0.120. The van der Waals surface area contributed by atoms with Gasteiger partial charge in [-0.05, 0) is 42.3 Å². The minimum absolute atomic E-state index is 0.130. The van der Waals surface area contributed by atoms with Crippen LogP contribution in [-0.2, 0) is 17.8 Å². The quantitative estimate of drug-likeness (QED) is 0.886. The van der Waals surface area contributed by atoms with Gasteiger partial charge in [0.2, 0.25) is 5.91 Å². The summed E-state index contributed by atoms with van der Waals surface area (Å²) < 4.78 is 18.4. The summed E-state index contributed by atoms with van der Waals surface area (Å²) in [6.07, 6.45) is 0.175. The number of benzene rings is 2. The SMILES string of the molecule is CCOc1ccc(CNC(=O)Cc2cccc(F)c2)cc1.